The van der Waals surface area contributed by atoms with E-state index in [-0.39, 0.29) is 29.9 Å². The minimum absolute atomic E-state index is 0.175. The van der Waals surface area contributed by atoms with Gasteiger partial charge in [0, 0.05) is 36.7 Å². The van der Waals surface area contributed by atoms with Crippen molar-refractivity contribution in [2.45, 2.75) is 23.8 Å². The number of thiophene rings is 1. The van der Waals surface area contributed by atoms with E-state index in [1.807, 2.05) is 53.9 Å². The molecule has 1 aliphatic heterocycles. The van der Waals surface area contributed by atoms with Crippen LogP contribution in [0.4, 0.5) is 0 Å². The predicted octanol–water partition coefficient (Wildman–Crippen LogP) is 5.76. The lowest BCUT2D eigenvalue weighted by Gasteiger charge is -2.37. The second-order valence-electron chi connectivity index (χ2n) is 9.28. The average molecular weight is 569 g/mol. The largest absolute Gasteiger partial charge is 0.385 e. The summed E-state index contributed by atoms with van der Waals surface area (Å²) in [7, 11) is -2.35. The van der Waals surface area contributed by atoms with Gasteiger partial charge in [-0.1, -0.05) is 54.1 Å². The molecule has 0 saturated carbocycles. The standard InChI is InChI=1S/C29H29ClN2O4S2/c1-36-17-4-15-31(38(34,35)25-12-9-21-5-2-3-6-23(21)19-25)20-28(33)32-16-13-27-26(14-18-37-27)29(32)22-7-10-24(30)11-8-22/h2-3,5-12,14,18-19,29H,4,13,15-17,20H2,1H3. The maximum absolute atomic E-state index is 13.9. The second-order valence-corrected chi connectivity index (χ2v) is 12.7. The number of hydrogen-bond donors (Lipinski definition) is 0. The number of fused-ring (bicyclic) bond motifs is 2. The number of carbonyl (C=O) groups excluding carboxylic acids is 1. The highest BCUT2D eigenvalue weighted by atomic mass is 35.5. The molecule has 5 rings (SSSR count). The fourth-order valence-electron chi connectivity index (χ4n) is 4.98. The Hall–Kier alpha value is -2.75. The van der Waals surface area contributed by atoms with Gasteiger partial charge in [-0.3, -0.25) is 4.79 Å². The van der Waals surface area contributed by atoms with Gasteiger partial charge in [0.05, 0.1) is 17.5 Å². The molecule has 0 radical (unpaired) electrons. The Balaban J connectivity index is 1.46. The molecule has 198 valence electrons. The zero-order valence-corrected chi connectivity index (χ0v) is 23.4. The summed E-state index contributed by atoms with van der Waals surface area (Å²) in [4.78, 5) is 17.1. The van der Waals surface area contributed by atoms with E-state index in [0.29, 0.717) is 24.6 Å². The van der Waals surface area contributed by atoms with Gasteiger partial charge in [-0.15, -0.1) is 11.3 Å². The van der Waals surface area contributed by atoms with Gasteiger partial charge in [-0.25, -0.2) is 8.42 Å². The molecule has 2 heterocycles. The van der Waals surface area contributed by atoms with E-state index in [0.717, 1.165) is 28.3 Å². The first-order chi connectivity index (χ1) is 18.4. The van der Waals surface area contributed by atoms with Crippen LogP contribution in [0.15, 0.2) is 83.1 Å². The van der Waals surface area contributed by atoms with E-state index >= 15 is 0 Å². The first-order valence-electron chi connectivity index (χ1n) is 12.5. The number of nitrogens with zero attached hydrogens (tertiary/aromatic N) is 2. The lowest BCUT2D eigenvalue weighted by Crippen LogP contribution is -2.47. The van der Waals surface area contributed by atoms with Gasteiger partial charge in [-0.2, -0.15) is 4.31 Å². The van der Waals surface area contributed by atoms with Crippen LogP contribution in [0, 0.1) is 0 Å². The fraction of sp³-hybridized carbons (Fsp3) is 0.276. The summed E-state index contributed by atoms with van der Waals surface area (Å²) >= 11 is 7.83. The molecule has 0 N–H and O–H groups in total. The van der Waals surface area contributed by atoms with Crippen molar-refractivity contribution in [3.05, 3.63) is 99.2 Å². The summed E-state index contributed by atoms with van der Waals surface area (Å²) in [5, 5.41) is 4.46. The van der Waals surface area contributed by atoms with Crippen LogP contribution < -0.4 is 0 Å². The number of halogens is 1. The molecule has 9 heteroatoms. The number of methoxy groups -OCH3 is 1. The summed E-state index contributed by atoms with van der Waals surface area (Å²) < 4.78 is 34.1. The molecule has 1 atom stereocenters. The Morgan fingerprint density at radius 1 is 1.08 bits per heavy atom. The van der Waals surface area contributed by atoms with Gasteiger partial charge in [0.15, 0.2) is 0 Å². The third-order valence-corrected chi connectivity index (χ3v) is 9.99. The number of rotatable bonds is 9. The van der Waals surface area contributed by atoms with E-state index in [1.54, 1.807) is 41.5 Å². The number of benzene rings is 3. The van der Waals surface area contributed by atoms with Crippen molar-refractivity contribution in [3.63, 3.8) is 0 Å². The molecular weight excluding hydrogens is 540 g/mol. The summed E-state index contributed by atoms with van der Waals surface area (Å²) in [6.45, 7) is 0.842. The van der Waals surface area contributed by atoms with E-state index in [2.05, 4.69) is 6.07 Å². The average Bonchev–Trinajstić information content (AvgIpc) is 3.41. The predicted molar refractivity (Wildman–Crippen MR) is 152 cm³/mol. The summed E-state index contributed by atoms with van der Waals surface area (Å²) in [6.07, 6.45) is 1.22. The number of amides is 1. The van der Waals surface area contributed by atoms with Crippen molar-refractivity contribution in [1.29, 1.82) is 0 Å². The molecule has 0 fully saturated rings. The van der Waals surface area contributed by atoms with Crippen LogP contribution >= 0.6 is 22.9 Å². The van der Waals surface area contributed by atoms with Crippen LogP contribution in [0.3, 0.4) is 0 Å². The van der Waals surface area contributed by atoms with Crippen LogP contribution in [-0.4, -0.2) is 56.9 Å². The van der Waals surface area contributed by atoms with Crippen molar-refractivity contribution in [2.75, 3.05) is 33.4 Å². The minimum Gasteiger partial charge on any atom is -0.385 e. The van der Waals surface area contributed by atoms with Crippen LogP contribution in [0.5, 0.6) is 0 Å². The second kappa shape index (κ2) is 11.6. The van der Waals surface area contributed by atoms with Gasteiger partial charge >= 0.3 is 0 Å². The Bertz CT molecular complexity index is 1540. The number of sulfonamides is 1. The van der Waals surface area contributed by atoms with Gasteiger partial charge < -0.3 is 9.64 Å². The van der Waals surface area contributed by atoms with Gasteiger partial charge in [0.2, 0.25) is 15.9 Å². The van der Waals surface area contributed by atoms with E-state index in [4.69, 9.17) is 16.3 Å². The van der Waals surface area contributed by atoms with Crippen LogP contribution in [-0.2, 0) is 26.0 Å². The minimum atomic E-state index is -3.93. The molecule has 6 nitrogen and oxygen atoms in total. The Morgan fingerprint density at radius 3 is 2.61 bits per heavy atom. The van der Waals surface area contributed by atoms with Crippen molar-refractivity contribution in [1.82, 2.24) is 9.21 Å². The number of ether oxygens (including phenoxy) is 1. The van der Waals surface area contributed by atoms with Gasteiger partial charge in [0.1, 0.15) is 0 Å². The topological polar surface area (TPSA) is 66.9 Å². The van der Waals surface area contributed by atoms with E-state index < -0.39 is 10.0 Å². The van der Waals surface area contributed by atoms with Gasteiger partial charge in [-0.05, 0) is 70.5 Å². The highest BCUT2D eigenvalue weighted by molar-refractivity contribution is 7.89. The zero-order chi connectivity index (χ0) is 26.7. The number of carbonyl (C=O) groups is 1. The fourth-order valence-corrected chi connectivity index (χ4v) is 7.47. The smallest absolute Gasteiger partial charge is 0.243 e. The molecule has 0 saturated heterocycles. The molecule has 38 heavy (non-hydrogen) atoms. The van der Waals surface area contributed by atoms with E-state index in [9.17, 15) is 13.2 Å². The lowest BCUT2D eigenvalue weighted by atomic mass is 9.93. The highest BCUT2D eigenvalue weighted by Gasteiger charge is 2.35. The molecule has 1 amide bonds. The molecule has 1 aromatic heterocycles. The first kappa shape index (κ1) is 26.8. The molecule has 0 spiro atoms. The van der Waals surface area contributed by atoms with Crippen molar-refractivity contribution < 1.29 is 17.9 Å². The quantitative estimate of drug-likeness (QED) is 0.241. The lowest BCUT2D eigenvalue weighted by molar-refractivity contribution is -0.133. The molecule has 1 aliphatic rings. The highest BCUT2D eigenvalue weighted by Crippen LogP contribution is 2.38. The molecule has 0 bridgehead atoms. The molecule has 4 aromatic rings. The Morgan fingerprint density at radius 2 is 1.84 bits per heavy atom. The third kappa shape index (κ3) is 5.51. The number of hydrogen-bond acceptors (Lipinski definition) is 5. The summed E-state index contributed by atoms with van der Waals surface area (Å²) in [5.41, 5.74) is 2.03. The molecular formula is C29H29ClN2O4S2. The summed E-state index contributed by atoms with van der Waals surface area (Å²) in [5.74, 6) is -0.233. The third-order valence-electron chi connectivity index (χ3n) is 6.90. The van der Waals surface area contributed by atoms with Crippen LogP contribution in [0.1, 0.15) is 28.5 Å². The SMILES string of the molecule is COCCCN(CC(=O)N1CCc2sccc2C1c1ccc(Cl)cc1)S(=O)(=O)c1ccc2ccccc2c1. The van der Waals surface area contributed by atoms with Gasteiger partial charge in [0.25, 0.3) is 0 Å². The Kier molecular flexibility index (Phi) is 8.16. The van der Waals surface area contributed by atoms with Crippen molar-refractivity contribution in [3.8, 4) is 0 Å². The van der Waals surface area contributed by atoms with E-state index in [1.165, 1.54) is 9.18 Å². The molecule has 0 aliphatic carbocycles. The summed E-state index contributed by atoms with van der Waals surface area (Å²) in [6, 6.07) is 22.0. The normalized spacial score (nSPS) is 15.7. The maximum atomic E-state index is 13.9. The first-order valence-corrected chi connectivity index (χ1v) is 15.2. The molecule has 1 unspecified atom stereocenters. The van der Waals surface area contributed by atoms with Crippen LogP contribution in [0.2, 0.25) is 5.02 Å². The van der Waals surface area contributed by atoms with Crippen molar-refractivity contribution >= 4 is 49.6 Å². The molecule has 3 aromatic carbocycles. The Labute approximate surface area is 232 Å². The zero-order valence-electron chi connectivity index (χ0n) is 21.0. The monoisotopic (exact) mass is 568 g/mol. The maximum Gasteiger partial charge on any atom is 0.243 e. The van der Waals surface area contributed by atoms with Crippen molar-refractivity contribution in [2.24, 2.45) is 0 Å². The van der Waals surface area contributed by atoms with Crippen LogP contribution in [0.25, 0.3) is 10.8 Å².